The number of benzene rings is 1. The average Bonchev–Trinajstić information content (AvgIpc) is 1.88. The van der Waals surface area contributed by atoms with E-state index < -0.39 is 5.24 Å². The quantitative estimate of drug-likeness (QED) is 0.661. The van der Waals surface area contributed by atoms with Crippen LogP contribution in [0.5, 0.6) is 0 Å². The third-order valence-electron chi connectivity index (χ3n) is 1.36. The van der Waals surface area contributed by atoms with Gasteiger partial charge in [-0.15, -0.1) is 0 Å². The van der Waals surface area contributed by atoms with Gasteiger partial charge in [-0.2, -0.15) is 0 Å². The van der Waals surface area contributed by atoms with Crippen molar-refractivity contribution in [3.05, 3.63) is 35.4 Å². The first-order chi connectivity index (χ1) is 4.72. The molecule has 1 aromatic rings. The van der Waals surface area contributed by atoms with Crippen molar-refractivity contribution in [3.63, 3.8) is 0 Å². The first kappa shape index (κ1) is 10.1. The van der Waals surface area contributed by atoms with Crippen LogP contribution in [-0.2, 0) is 0 Å². The molecule has 60 valence electrons. The summed E-state index contributed by atoms with van der Waals surface area (Å²) in [7, 11) is 0. The molecule has 0 saturated heterocycles. The van der Waals surface area contributed by atoms with E-state index in [0.717, 1.165) is 5.56 Å². The van der Waals surface area contributed by atoms with Crippen LogP contribution in [0.15, 0.2) is 24.3 Å². The standard InChI is InChI=1S/C8H7ClO.H3N/c1-6-4-2-3-5-7(6)8(9)10;/h2-5H,1H3;1H3. The molecule has 0 aromatic heterocycles. The second-order valence-corrected chi connectivity index (χ2v) is 2.43. The number of rotatable bonds is 1. The molecule has 0 saturated carbocycles. The molecular weight excluding hydrogens is 162 g/mol. The van der Waals surface area contributed by atoms with E-state index >= 15 is 0 Å². The summed E-state index contributed by atoms with van der Waals surface area (Å²) in [5.74, 6) is 0. The molecule has 0 unspecified atom stereocenters. The van der Waals surface area contributed by atoms with Crippen molar-refractivity contribution in [3.8, 4) is 0 Å². The van der Waals surface area contributed by atoms with Crippen LogP contribution < -0.4 is 6.15 Å². The van der Waals surface area contributed by atoms with Gasteiger partial charge < -0.3 is 6.15 Å². The van der Waals surface area contributed by atoms with Crippen LogP contribution in [-0.4, -0.2) is 5.24 Å². The van der Waals surface area contributed by atoms with E-state index in [9.17, 15) is 4.79 Å². The SMILES string of the molecule is Cc1ccccc1C(=O)Cl.N. The van der Waals surface area contributed by atoms with E-state index in [1.54, 1.807) is 12.1 Å². The summed E-state index contributed by atoms with van der Waals surface area (Å²) in [5, 5.41) is -0.391. The van der Waals surface area contributed by atoms with Gasteiger partial charge in [0.1, 0.15) is 0 Å². The maximum Gasteiger partial charge on any atom is 0.252 e. The fourth-order valence-corrected chi connectivity index (χ4v) is 1.01. The lowest BCUT2D eigenvalue weighted by Crippen LogP contribution is -1.90. The Morgan fingerprint density at radius 1 is 1.36 bits per heavy atom. The highest BCUT2D eigenvalue weighted by atomic mass is 35.5. The molecule has 0 aliphatic carbocycles. The summed E-state index contributed by atoms with van der Waals surface area (Å²) in [5.41, 5.74) is 1.51. The predicted molar refractivity (Wildman–Crippen MR) is 46.4 cm³/mol. The highest BCUT2D eigenvalue weighted by Gasteiger charge is 2.02. The van der Waals surface area contributed by atoms with E-state index in [1.807, 2.05) is 19.1 Å². The Morgan fingerprint density at radius 3 is 2.27 bits per heavy atom. The molecule has 0 fully saturated rings. The first-order valence-corrected chi connectivity index (χ1v) is 3.35. The van der Waals surface area contributed by atoms with Crippen molar-refractivity contribution in [2.75, 3.05) is 0 Å². The Bertz CT molecular complexity index is 260. The Labute approximate surface area is 70.8 Å². The van der Waals surface area contributed by atoms with Crippen LogP contribution in [0.3, 0.4) is 0 Å². The minimum atomic E-state index is -0.391. The molecule has 3 heteroatoms. The summed E-state index contributed by atoms with van der Waals surface area (Å²) < 4.78 is 0. The van der Waals surface area contributed by atoms with E-state index in [2.05, 4.69) is 0 Å². The summed E-state index contributed by atoms with van der Waals surface area (Å²) in [4.78, 5) is 10.6. The number of carbonyl (C=O) groups excluding carboxylic acids is 1. The van der Waals surface area contributed by atoms with Gasteiger partial charge in [-0.1, -0.05) is 18.2 Å². The molecule has 0 radical (unpaired) electrons. The number of hydrogen-bond acceptors (Lipinski definition) is 2. The van der Waals surface area contributed by atoms with Crippen molar-refractivity contribution in [1.29, 1.82) is 0 Å². The van der Waals surface area contributed by atoms with Gasteiger partial charge in [-0.25, -0.2) is 0 Å². The lowest BCUT2D eigenvalue weighted by Gasteiger charge is -1.96. The second-order valence-electron chi connectivity index (χ2n) is 2.09. The lowest BCUT2D eigenvalue weighted by molar-refractivity contribution is 0.108. The average molecular weight is 172 g/mol. The fraction of sp³-hybridized carbons (Fsp3) is 0.125. The molecule has 0 amide bonds. The normalized spacial score (nSPS) is 8.55. The number of carbonyl (C=O) groups is 1. The highest BCUT2D eigenvalue weighted by molar-refractivity contribution is 6.67. The lowest BCUT2D eigenvalue weighted by atomic mass is 10.1. The summed E-state index contributed by atoms with van der Waals surface area (Å²) >= 11 is 5.27. The summed E-state index contributed by atoms with van der Waals surface area (Å²) in [6, 6.07) is 7.24. The monoisotopic (exact) mass is 171 g/mol. The van der Waals surface area contributed by atoms with Crippen LogP contribution in [0.1, 0.15) is 15.9 Å². The van der Waals surface area contributed by atoms with Gasteiger partial charge in [0.25, 0.3) is 5.24 Å². The van der Waals surface area contributed by atoms with Gasteiger partial charge in [0, 0.05) is 5.56 Å². The molecule has 0 bridgehead atoms. The van der Waals surface area contributed by atoms with Gasteiger partial charge in [0.15, 0.2) is 0 Å². The van der Waals surface area contributed by atoms with Crippen molar-refractivity contribution in [2.45, 2.75) is 6.92 Å². The van der Waals surface area contributed by atoms with Gasteiger partial charge >= 0.3 is 0 Å². The molecular formula is C8H10ClNO. The minimum Gasteiger partial charge on any atom is -0.344 e. The van der Waals surface area contributed by atoms with Gasteiger partial charge in [0.05, 0.1) is 0 Å². The third kappa shape index (κ3) is 2.33. The number of halogens is 1. The third-order valence-corrected chi connectivity index (χ3v) is 1.56. The fourth-order valence-electron chi connectivity index (χ4n) is 0.793. The molecule has 3 N–H and O–H groups in total. The van der Waals surface area contributed by atoms with Gasteiger partial charge in [-0.05, 0) is 30.2 Å². The highest BCUT2D eigenvalue weighted by Crippen LogP contribution is 2.08. The molecule has 0 aliphatic heterocycles. The Kier molecular flexibility index (Phi) is 3.79. The van der Waals surface area contributed by atoms with E-state index in [0.29, 0.717) is 5.56 Å². The van der Waals surface area contributed by atoms with Crippen molar-refractivity contribution < 1.29 is 4.79 Å². The van der Waals surface area contributed by atoms with Crippen molar-refractivity contribution >= 4 is 16.8 Å². The topological polar surface area (TPSA) is 52.1 Å². The molecule has 1 rings (SSSR count). The molecule has 0 heterocycles. The second kappa shape index (κ2) is 4.11. The van der Waals surface area contributed by atoms with Gasteiger partial charge in [0.2, 0.25) is 0 Å². The zero-order valence-corrected chi connectivity index (χ0v) is 7.06. The summed E-state index contributed by atoms with van der Waals surface area (Å²) in [6.45, 7) is 1.86. The zero-order chi connectivity index (χ0) is 7.56. The Balaban J connectivity index is 0.000001000. The number of aryl methyl sites for hydroxylation is 1. The zero-order valence-electron chi connectivity index (χ0n) is 6.30. The van der Waals surface area contributed by atoms with Crippen LogP contribution in [0, 0.1) is 6.92 Å². The van der Waals surface area contributed by atoms with Gasteiger partial charge in [-0.3, -0.25) is 4.79 Å². The minimum absolute atomic E-state index is 0. The predicted octanol–water partition coefficient (Wildman–Crippen LogP) is 2.54. The van der Waals surface area contributed by atoms with Crippen LogP contribution in [0.2, 0.25) is 0 Å². The van der Waals surface area contributed by atoms with Crippen molar-refractivity contribution in [2.24, 2.45) is 0 Å². The molecule has 1 aromatic carbocycles. The molecule has 2 nitrogen and oxygen atoms in total. The van der Waals surface area contributed by atoms with Crippen LogP contribution in [0.4, 0.5) is 0 Å². The van der Waals surface area contributed by atoms with E-state index in [4.69, 9.17) is 11.6 Å². The maximum absolute atomic E-state index is 10.6. The van der Waals surface area contributed by atoms with E-state index in [1.165, 1.54) is 0 Å². The maximum atomic E-state index is 10.6. The molecule has 11 heavy (non-hydrogen) atoms. The Hall–Kier alpha value is -0.860. The Morgan fingerprint density at radius 2 is 1.91 bits per heavy atom. The molecule has 0 spiro atoms. The largest absolute Gasteiger partial charge is 0.344 e. The number of hydrogen-bond donors (Lipinski definition) is 1. The van der Waals surface area contributed by atoms with Crippen LogP contribution in [0.25, 0.3) is 0 Å². The first-order valence-electron chi connectivity index (χ1n) is 2.97. The van der Waals surface area contributed by atoms with E-state index in [-0.39, 0.29) is 6.15 Å². The van der Waals surface area contributed by atoms with Crippen LogP contribution >= 0.6 is 11.6 Å². The van der Waals surface area contributed by atoms with Crippen molar-refractivity contribution in [1.82, 2.24) is 6.15 Å². The molecule has 0 aliphatic rings. The molecule has 0 atom stereocenters. The smallest absolute Gasteiger partial charge is 0.252 e. The summed E-state index contributed by atoms with van der Waals surface area (Å²) in [6.07, 6.45) is 0.